The number of Topliss-reactive ketones (excluding diaryl/α,β-unsaturated/α-hetero) is 3. The van der Waals surface area contributed by atoms with Crippen LogP contribution in [-0.4, -0.2) is 139 Å². The van der Waals surface area contributed by atoms with Gasteiger partial charge >= 0.3 is 225 Å². The number of hydrogen-bond acceptors (Lipinski definition) is 13. The number of nitrogens with zero attached hydrogens (tertiary/aromatic N) is 2. The molecule has 0 bridgehead atoms. The van der Waals surface area contributed by atoms with Crippen molar-refractivity contribution < 1.29 is 82.8 Å². The van der Waals surface area contributed by atoms with Gasteiger partial charge in [0, 0.05) is 69.8 Å². The van der Waals surface area contributed by atoms with Crippen LogP contribution in [0.15, 0.2) is 48.5 Å². The summed E-state index contributed by atoms with van der Waals surface area (Å²) in [5.41, 5.74) is 0.311. The van der Waals surface area contributed by atoms with Gasteiger partial charge in [-0.25, -0.2) is 4.79 Å². The van der Waals surface area contributed by atoms with Crippen LogP contribution in [0, 0.1) is 17.8 Å². The standard InChI is InChI=1S/C43H48N3O17.3C4H9.Sn/c47-32(17-27(22-39(55)56)19-34(49)30-9-6-10-31(24-30)43(62)63-46-35(50)11-12-36(46)51)15-26(21-38(53)54)16-33(48)18-28(23-40(57)58)20-37(52)45(25-41(59)60)14-5-4-13-44-42(61)29-7-2-1-3-8-29;3*1-3-4-2;/h1-2,6-10,24,26-28H,4-5,11-23,25H2,(H,44,61)(H,53,54)(H,55,56)(H,57,58)(H,59,60);3*1,3-4H2,2H3;/t26-,27+,28-;;;;/m1..../s1. The van der Waals surface area contributed by atoms with Crippen molar-refractivity contribution in [1.82, 2.24) is 15.3 Å². The summed E-state index contributed by atoms with van der Waals surface area (Å²) < 4.78 is 5.12. The molecule has 2 aromatic carbocycles. The van der Waals surface area contributed by atoms with Crippen LogP contribution >= 0.6 is 0 Å². The normalized spacial score (nSPS) is 13.6. The number of ketones is 3. The molecule has 1 aliphatic rings. The molecule has 1 aliphatic heterocycles. The molecule has 3 rings (SSSR count). The number of benzene rings is 2. The number of amides is 4. The molecule has 21 heteroatoms. The summed E-state index contributed by atoms with van der Waals surface area (Å²) >= 11 is -2.81. The Labute approximate surface area is 447 Å². The Morgan fingerprint density at radius 2 is 1.05 bits per heavy atom. The zero-order chi connectivity index (χ0) is 56.4. The minimum atomic E-state index is -2.81. The third-order valence-corrected chi connectivity index (χ3v) is 29.2. The van der Waals surface area contributed by atoms with Gasteiger partial charge in [0.15, 0.2) is 5.78 Å². The van der Waals surface area contributed by atoms with Gasteiger partial charge in [0.1, 0.15) is 11.6 Å². The van der Waals surface area contributed by atoms with Crippen LogP contribution in [0.5, 0.6) is 0 Å². The molecule has 4 amide bonds. The first-order chi connectivity index (χ1) is 36.1. The van der Waals surface area contributed by atoms with E-state index in [0.717, 1.165) is 30.2 Å². The number of nitrogens with one attached hydrogen (secondary N) is 1. The number of rotatable bonds is 39. The average molecular weight is 1170 g/mol. The Kier molecular flexibility index (Phi) is 27.8. The Bertz CT molecular complexity index is 2370. The van der Waals surface area contributed by atoms with E-state index in [1.165, 1.54) is 54.4 Å². The molecule has 0 saturated carbocycles. The quantitative estimate of drug-likeness (QED) is 0.0194. The summed E-state index contributed by atoms with van der Waals surface area (Å²) in [5.74, 6) is -14.3. The SMILES string of the molecule is CCC[CH2][Sn]([CH2]CCC)([CH2]CCC)[c]1cccc(C(=O)NCCCCN(CC(=O)O)C(=O)C[C@H](CC(=O)O)CC(=O)C[C@H](CC(=O)O)CC(=O)C[C@H](CC(=O)O)CC(=O)c2cccc(C(=O)ON3C(=O)CCC3=O)c2)c1. The van der Waals surface area contributed by atoms with Gasteiger partial charge in [0.25, 0.3) is 11.8 Å². The molecule has 20 nitrogen and oxygen atoms in total. The average Bonchev–Trinajstić information content (AvgIpc) is 3.67. The summed E-state index contributed by atoms with van der Waals surface area (Å²) in [6, 6.07) is 13.1. The van der Waals surface area contributed by atoms with Crippen LogP contribution in [0.2, 0.25) is 13.3 Å². The van der Waals surface area contributed by atoms with Crippen LogP contribution < -0.4 is 8.90 Å². The van der Waals surface area contributed by atoms with Gasteiger partial charge in [0.2, 0.25) is 0 Å². The molecule has 3 atom stereocenters. The number of carboxylic acids is 4. The van der Waals surface area contributed by atoms with Gasteiger partial charge in [-0.1, -0.05) is 12.1 Å². The first-order valence-electron chi connectivity index (χ1n) is 26.4. The molecular formula is C55H75N3O17Sn. The van der Waals surface area contributed by atoms with Gasteiger partial charge in [-0.2, -0.15) is 0 Å². The third-order valence-electron chi connectivity index (χ3n) is 13.6. The Hall–Kier alpha value is -6.32. The van der Waals surface area contributed by atoms with Crippen molar-refractivity contribution in [3.8, 4) is 0 Å². The van der Waals surface area contributed by atoms with Crippen molar-refractivity contribution in [2.24, 2.45) is 17.8 Å². The fourth-order valence-corrected chi connectivity index (χ4v) is 25.8. The number of aliphatic carboxylic acids is 4. The van der Waals surface area contributed by atoms with Gasteiger partial charge in [-0.15, -0.1) is 5.06 Å². The Morgan fingerprint density at radius 1 is 0.579 bits per heavy atom. The maximum atomic E-state index is 13.6. The van der Waals surface area contributed by atoms with Crippen LogP contribution in [0.3, 0.4) is 0 Å². The number of hydrogen-bond donors (Lipinski definition) is 5. The van der Waals surface area contributed by atoms with Crippen molar-refractivity contribution in [3.05, 3.63) is 65.2 Å². The molecule has 5 N–H and O–H groups in total. The zero-order valence-corrected chi connectivity index (χ0v) is 46.9. The summed E-state index contributed by atoms with van der Waals surface area (Å²) in [5, 5.41) is 41.9. The van der Waals surface area contributed by atoms with E-state index in [-0.39, 0.29) is 49.4 Å². The first-order valence-corrected chi connectivity index (χ1v) is 33.9. The van der Waals surface area contributed by atoms with Crippen molar-refractivity contribution in [3.63, 3.8) is 0 Å². The van der Waals surface area contributed by atoms with E-state index in [0.29, 0.717) is 17.0 Å². The summed E-state index contributed by atoms with van der Waals surface area (Å²) in [7, 11) is 0. The molecule has 1 saturated heterocycles. The Balaban J connectivity index is 1.62. The number of hydroxylamine groups is 2. The van der Waals surface area contributed by atoms with E-state index < -0.39 is 165 Å². The number of unbranched alkanes of at least 4 members (excludes halogenated alkanes) is 4. The molecule has 2 aromatic rings. The van der Waals surface area contributed by atoms with Gasteiger partial charge in [0.05, 0.1) is 5.56 Å². The molecule has 76 heavy (non-hydrogen) atoms. The van der Waals surface area contributed by atoms with Gasteiger partial charge in [-0.05, 0) is 29.9 Å². The first kappa shape index (κ1) is 64.0. The van der Waals surface area contributed by atoms with Crippen LogP contribution in [0.1, 0.15) is 174 Å². The third kappa shape index (κ3) is 22.5. The van der Waals surface area contributed by atoms with Crippen LogP contribution in [0.25, 0.3) is 0 Å². The number of carbonyl (C=O) groups is 12. The summed E-state index contributed by atoms with van der Waals surface area (Å²) in [6.07, 6.45) is 2.15. The second kappa shape index (κ2) is 33.0. The van der Waals surface area contributed by atoms with Gasteiger partial charge in [-0.3, -0.25) is 43.2 Å². The predicted octanol–water partition coefficient (Wildman–Crippen LogP) is 7.02. The monoisotopic (exact) mass is 1170 g/mol. The predicted molar refractivity (Wildman–Crippen MR) is 279 cm³/mol. The number of carbonyl (C=O) groups excluding carboxylic acids is 8. The number of carboxylic acid groups (broad SMARTS) is 4. The summed E-state index contributed by atoms with van der Waals surface area (Å²) in [6.45, 7) is 6.12. The van der Waals surface area contributed by atoms with E-state index in [1.807, 2.05) is 12.1 Å². The summed E-state index contributed by atoms with van der Waals surface area (Å²) in [4.78, 5) is 157. The molecule has 416 valence electrons. The van der Waals surface area contributed by atoms with E-state index >= 15 is 0 Å². The molecule has 0 unspecified atom stereocenters. The van der Waals surface area contributed by atoms with Gasteiger partial charge < -0.3 is 25.3 Å². The van der Waals surface area contributed by atoms with E-state index in [9.17, 15) is 78.0 Å². The molecular weight excluding hydrogens is 1090 g/mol. The van der Waals surface area contributed by atoms with E-state index in [2.05, 4.69) is 38.2 Å². The second-order valence-electron chi connectivity index (χ2n) is 20.0. The zero-order valence-electron chi connectivity index (χ0n) is 44.0. The van der Waals surface area contributed by atoms with Crippen molar-refractivity contribution in [1.29, 1.82) is 0 Å². The molecule has 0 aromatic heterocycles. The molecule has 0 spiro atoms. The van der Waals surface area contributed by atoms with Crippen molar-refractivity contribution in [2.75, 3.05) is 19.6 Å². The van der Waals surface area contributed by atoms with E-state index in [4.69, 9.17) is 4.84 Å². The molecule has 1 fully saturated rings. The fourth-order valence-electron chi connectivity index (χ4n) is 9.74. The molecule has 0 aliphatic carbocycles. The molecule has 1 heterocycles. The topological polar surface area (TPSA) is 314 Å². The molecule has 0 radical (unpaired) electrons. The minimum absolute atomic E-state index is 0.0447. The van der Waals surface area contributed by atoms with Crippen molar-refractivity contribution in [2.45, 2.75) is 156 Å². The Morgan fingerprint density at radius 3 is 1.55 bits per heavy atom. The maximum absolute atomic E-state index is 13.6. The number of imide groups is 1. The second-order valence-corrected chi connectivity index (χ2v) is 33.2. The van der Waals surface area contributed by atoms with E-state index in [1.54, 1.807) is 0 Å². The van der Waals surface area contributed by atoms with Crippen molar-refractivity contribution >= 4 is 92.8 Å². The van der Waals surface area contributed by atoms with Crippen LogP contribution in [-0.2, 0) is 48.0 Å². The fraction of sp³-hybridized carbons (Fsp3) is 0.564. The van der Waals surface area contributed by atoms with Crippen LogP contribution in [0.4, 0.5) is 0 Å².